The lowest BCUT2D eigenvalue weighted by molar-refractivity contribution is -0.148. The maximum Gasteiger partial charge on any atom is 0.308 e. The standard InChI is InChI=1S/C13H17NO3/c15-13(8-12-9-14-6-7-16-12)17-10-11-4-2-1-3-5-11/h1-5,12,14H,6-10H2/t12-/m1/s1. The summed E-state index contributed by atoms with van der Waals surface area (Å²) in [5.74, 6) is -0.206. The molecule has 1 aliphatic heterocycles. The molecule has 1 heterocycles. The van der Waals surface area contributed by atoms with Gasteiger partial charge in [0.25, 0.3) is 0 Å². The van der Waals surface area contributed by atoms with Gasteiger partial charge in [-0.1, -0.05) is 30.3 Å². The van der Waals surface area contributed by atoms with E-state index in [4.69, 9.17) is 9.47 Å². The second-order valence-electron chi connectivity index (χ2n) is 4.05. The van der Waals surface area contributed by atoms with E-state index in [1.54, 1.807) is 0 Å². The molecule has 1 aromatic rings. The van der Waals surface area contributed by atoms with Crippen molar-refractivity contribution in [3.05, 3.63) is 35.9 Å². The van der Waals surface area contributed by atoms with Crippen LogP contribution in [-0.2, 0) is 20.9 Å². The number of hydrogen-bond acceptors (Lipinski definition) is 4. The second kappa shape index (κ2) is 6.37. The van der Waals surface area contributed by atoms with E-state index in [0.717, 1.165) is 18.7 Å². The van der Waals surface area contributed by atoms with Gasteiger partial charge in [-0.3, -0.25) is 4.79 Å². The molecule has 1 N–H and O–H groups in total. The molecule has 0 aliphatic carbocycles. The SMILES string of the molecule is O=C(C[C@@H]1CNCCO1)OCc1ccccc1. The molecule has 0 radical (unpaired) electrons. The van der Waals surface area contributed by atoms with Crippen LogP contribution in [0.2, 0.25) is 0 Å². The first-order chi connectivity index (χ1) is 8.34. The second-order valence-corrected chi connectivity index (χ2v) is 4.05. The summed E-state index contributed by atoms with van der Waals surface area (Å²) < 4.78 is 10.6. The van der Waals surface area contributed by atoms with E-state index in [1.807, 2.05) is 30.3 Å². The zero-order valence-corrected chi connectivity index (χ0v) is 9.72. The van der Waals surface area contributed by atoms with Gasteiger partial charge >= 0.3 is 5.97 Å². The molecular weight excluding hydrogens is 218 g/mol. The van der Waals surface area contributed by atoms with Gasteiger partial charge in [-0.2, -0.15) is 0 Å². The average Bonchev–Trinajstić information content (AvgIpc) is 2.39. The Kier molecular flexibility index (Phi) is 4.53. The lowest BCUT2D eigenvalue weighted by Gasteiger charge is -2.22. The molecule has 17 heavy (non-hydrogen) atoms. The molecule has 1 saturated heterocycles. The molecule has 0 bridgehead atoms. The topological polar surface area (TPSA) is 47.6 Å². The van der Waals surface area contributed by atoms with Gasteiger partial charge in [-0.25, -0.2) is 0 Å². The van der Waals surface area contributed by atoms with E-state index in [9.17, 15) is 4.79 Å². The summed E-state index contributed by atoms with van der Waals surface area (Å²) in [5, 5.41) is 3.18. The predicted molar refractivity (Wildman–Crippen MR) is 63.5 cm³/mol. The molecule has 2 rings (SSSR count). The van der Waals surface area contributed by atoms with Gasteiger partial charge in [-0.05, 0) is 5.56 Å². The molecule has 4 nitrogen and oxygen atoms in total. The van der Waals surface area contributed by atoms with Crippen molar-refractivity contribution in [1.82, 2.24) is 5.32 Å². The number of morpholine rings is 1. The van der Waals surface area contributed by atoms with Crippen molar-refractivity contribution in [2.45, 2.75) is 19.1 Å². The Morgan fingerprint density at radius 2 is 2.24 bits per heavy atom. The van der Waals surface area contributed by atoms with Crippen molar-refractivity contribution in [2.24, 2.45) is 0 Å². The molecule has 1 fully saturated rings. The van der Waals surface area contributed by atoms with Crippen molar-refractivity contribution in [1.29, 1.82) is 0 Å². The number of ether oxygens (including phenoxy) is 2. The number of carbonyl (C=O) groups excluding carboxylic acids is 1. The number of hydrogen-bond donors (Lipinski definition) is 1. The Bertz CT molecular complexity index is 347. The summed E-state index contributed by atoms with van der Waals surface area (Å²) in [6.07, 6.45) is 0.270. The molecule has 1 aromatic carbocycles. The Morgan fingerprint density at radius 1 is 1.41 bits per heavy atom. The molecule has 0 amide bonds. The molecule has 1 atom stereocenters. The number of rotatable bonds is 4. The van der Waals surface area contributed by atoms with Gasteiger partial charge in [-0.15, -0.1) is 0 Å². The average molecular weight is 235 g/mol. The first-order valence-electron chi connectivity index (χ1n) is 5.86. The van der Waals surface area contributed by atoms with Crippen molar-refractivity contribution >= 4 is 5.97 Å². The van der Waals surface area contributed by atoms with Crippen molar-refractivity contribution in [3.63, 3.8) is 0 Å². The third-order valence-corrected chi connectivity index (χ3v) is 2.64. The third-order valence-electron chi connectivity index (χ3n) is 2.64. The minimum atomic E-state index is -0.206. The number of nitrogens with one attached hydrogen (secondary N) is 1. The minimum Gasteiger partial charge on any atom is -0.461 e. The van der Waals surface area contributed by atoms with Crippen LogP contribution in [0, 0.1) is 0 Å². The summed E-state index contributed by atoms with van der Waals surface area (Å²) in [7, 11) is 0. The summed E-state index contributed by atoms with van der Waals surface area (Å²) >= 11 is 0. The first-order valence-corrected chi connectivity index (χ1v) is 5.86. The monoisotopic (exact) mass is 235 g/mol. The summed E-state index contributed by atoms with van der Waals surface area (Å²) in [6.45, 7) is 2.58. The molecule has 1 aliphatic rings. The molecule has 0 unspecified atom stereocenters. The number of benzene rings is 1. The fourth-order valence-corrected chi connectivity index (χ4v) is 1.73. The Balaban J connectivity index is 1.70. The molecule has 4 heteroatoms. The van der Waals surface area contributed by atoms with E-state index in [1.165, 1.54) is 0 Å². The maximum atomic E-state index is 11.6. The Hall–Kier alpha value is -1.39. The smallest absolute Gasteiger partial charge is 0.308 e. The quantitative estimate of drug-likeness (QED) is 0.794. The normalized spacial score (nSPS) is 19.9. The van der Waals surface area contributed by atoms with Crippen LogP contribution in [0.15, 0.2) is 30.3 Å². The molecule has 0 saturated carbocycles. The Morgan fingerprint density at radius 3 is 2.94 bits per heavy atom. The van der Waals surface area contributed by atoms with E-state index in [2.05, 4.69) is 5.32 Å². The van der Waals surface area contributed by atoms with E-state index in [-0.39, 0.29) is 12.1 Å². The largest absolute Gasteiger partial charge is 0.461 e. The van der Waals surface area contributed by atoms with Crippen LogP contribution in [0.3, 0.4) is 0 Å². The Labute approximate surface area is 101 Å². The first kappa shape index (κ1) is 12.1. The van der Waals surface area contributed by atoms with E-state index in [0.29, 0.717) is 19.6 Å². The summed E-state index contributed by atoms with van der Waals surface area (Å²) in [5.41, 5.74) is 1.00. The van der Waals surface area contributed by atoms with Gasteiger partial charge < -0.3 is 14.8 Å². The van der Waals surface area contributed by atoms with Gasteiger partial charge in [0.05, 0.1) is 19.1 Å². The summed E-state index contributed by atoms with van der Waals surface area (Å²) in [4.78, 5) is 11.6. The van der Waals surface area contributed by atoms with Crippen LogP contribution in [-0.4, -0.2) is 31.8 Å². The summed E-state index contributed by atoms with van der Waals surface area (Å²) in [6, 6.07) is 9.67. The predicted octanol–water partition coefficient (Wildman–Crippen LogP) is 1.11. The fourth-order valence-electron chi connectivity index (χ4n) is 1.73. The van der Waals surface area contributed by atoms with Crippen LogP contribution >= 0.6 is 0 Å². The van der Waals surface area contributed by atoms with Gasteiger partial charge in [0.2, 0.25) is 0 Å². The molecular formula is C13H17NO3. The molecule has 92 valence electrons. The van der Waals surface area contributed by atoms with Crippen LogP contribution in [0.25, 0.3) is 0 Å². The zero-order valence-electron chi connectivity index (χ0n) is 9.72. The van der Waals surface area contributed by atoms with Crippen LogP contribution in [0.4, 0.5) is 0 Å². The highest BCUT2D eigenvalue weighted by Crippen LogP contribution is 2.06. The van der Waals surface area contributed by atoms with Gasteiger partial charge in [0.15, 0.2) is 0 Å². The van der Waals surface area contributed by atoms with Crippen LogP contribution in [0.1, 0.15) is 12.0 Å². The van der Waals surface area contributed by atoms with Crippen LogP contribution in [0.5, 0.6) is 0 Å². The van der Waals surface area contributed by atoms with Crippen LogP contribution < -0.4 is 5.32 Å². The lowest BCUT2D eigenvalue weighted by atomic mass is 10.2. The number of carbonyl (C=O) groups is 1. The lowest BCUT2D eigenvalue weighted by Crippen LogP contribution is -2.39. The van der Waals surface area contributed by atoms with Crippen molar-refractivity contribution in [2.75, 3.05) is 19.7 Å². The molecule has 0 aromatic heterocycles. The molecule has 0 spiro atoms. The maximum absolute atomic E-state index is 11.6. The zero-order chi connectivity index (χ0) is 11.9. The van der Waals surface area contributed by atoms with Crippen molar-refractivity contribution < 1.29 is 14.3 Å². The van der Waals surface area contributed by atoms with E-state index >= 15 is 0 Å². The van der Waals surface area contributed by atoms with E-state index < -0.39 is 0 Å². The highest BCUT2D eigenvalue weighted by atomic mass is 16.5. The fraction of sp³-hybridized carbons (Fsp3) is 0.462. The van der Waals surface area contributed by atoms with Crippen molar-refractivity contribution in [3.8, 4) is 0 Å². The van der Waals surface area contributed by atoms with Gasteiger partial charge in [0, 0.05) is 13.1 Å². The highest BCUT2D eigenvalue weighted by molar-refractivity contribution is 5.70. The minimum absolute atomic E-state index is 0.0491. The number of esters is 1. The van der Waals surface area contributed by atoms with Gasteiger partial charge in [0.1, 0.15) is 6.61 Å². The third kappa shape index (κ3) is 4.17. The highest BCUT2D eigenvalue weighted by Gasteiger charge is 2.18.